The van der Waals surface area contributed by atoms with Crippen molar-refractivity contribution in [2.75, 3.05) is 0 Å². The smallest absolute Gasteiger partial charge is 0.267 e. The third-order valence-corrected chi connectivity index (χ3v) is 3.87. The van der Waals surface area contributed by atoms with Crippen molar-refractivity contribution in [3.63, 3.8) is 0 Å². The minimum absolute atomic E-state index is 0. The van der Waals surface area contributed by atoms with E-state index in [1.54, 1.807) is 25.1 Å². The van der Waals surface area contributed by atoms with Gasteiger partial charge in [-0.25, -0.2) is 4.39 Å². The van der Waals surface area contributed by atoms with Crippen LogP contribution in [0.15, 0.2) is 28.8 Å². The maximum Gasteiger partial charge on any atom is 0.267 e. The predicted octanol–water partition coefficient (Wildman–Crippen LogP) is 3.50. The summed E-state index contributed by atoms with van der Waals surface area (Å²) in [4.78, 5) is 4.34. The second-order valence-corrected chi connectivity index (χ2v) is 5.51. The van der Waals surface area contributed by atoms with Crippen molar-refractivity contribution in [1.29, 1.82) is 0 Å². The van der Waals surface area contributed by atoms with Crippen molar-refractivity contribution in [3.8, 4) is 5.75 Å². The van der Waals surface area contributed by atoms with Crippen LogP contribution in [0.1, 0.15) is 50.4 Å². The Morgan fingerprint density at radius 1 is 1.32 bits per heavy atom. The van der Waals surface area contributed by atoms with E-state index in [1.165, 1.54) is 6.07 Å². The number of hydrogen-bond acceptors (Lipinski definition) is 5. The normalized spacial score (nSPS) is 17.8. The highest BCUT2D eigenvalue weighted by Gasteiger charge is 2.36. The van der Waals surface area contributed by atoms with Gasteiger partial charge < -0.3 is 15.0 Å². The molecule has 7 heteroatoms. The Morgan fingerprint density at radius 2 is 2.00 bits per heavy atom. The van der Waals surface area contributed by atoms with Gasteiger partial charge in [0.2, 0.25) is 0 Å². The molecule has 1 aromatic heterocycles. The van der Waals surface area contributed by atoms with Crippen LogP contribution in [0.4, 0.5) is 4.39 Å². The largest absolute Gasteiger partial charge is 0.478 e. The fraction of sp³-hybridized carbons (Fsp3) is 0.467. The fourth-order valence-corrected chi connectivity index (χ4v) is 2.61. The summed E-state index contributed by atoms with van der Waals surface area (Å²) < 4.78 is 24.3. The summed E-state index contributed by atoms with van der Waals surface area (Å²) in [5, 5.41) is 3.97. The zero-order chi connectivity index (χ0) is 14.9. The lowest BCUT2D eigenvalue weighted by atomic mass is 9.99. The van der Waals surface area contributed by atoms with Crippen LogP contribution in [0.5, 0.6) is 5.75 Å². The summed E-state index contributed by atoms with van der Waals surface area (Å²) in [6.07, 6.45) is 3.32. The van der Waals surface area contributed by atoms with Crippen molar-refractivity contribution >= 4 is 12.4 Å². The van der Waals surface area contributed by atoms with Gasteiger partial charge in [0.1, 0.15) is 0 Å². The first-order chi connectivity index (χ1) is 10.1. The van der Waals surface area contributed by atoms with Crippen LogP contribution in [0.2, 0.25) is 0 Å². The molecule has 3 rings (SSSR count). The summed E-state index contributed by atoms with van der Waals surface area (Å²) in [6, 6.07) is 6.22. The molecule has 120 valence electrons. The van der Waals surface area contributed by atoms with Gasteiger partial charge in [-0.3, -0.25) is 0 Å². The highest BCUT2D eigenvalue weighted by Crippen LogP contribution is 2.35. The molecule has 0 spiro atoms. The molecule has 0 saturated heterocycles. The molecule has 0 radical (unpaired) electrons. The zero-order valence-corrected chi connectivity index (χ0v) is 13.1. The number of halogens is 2. The Hall–Kier alpha value is -1.66. The van der Waals surface area contributed by atoms with E-state index < -0.39 is 17.5 Å². The summed E-state index contributed by atoms with van der Waals surface area (Å²) in [5.74, 6) is 0.562. The molecule has 1 fully saturated rings. The fourth-order valence-electron chi connectivity index (χ4n) is 2.61. The lowest BCUT2D eigenvalue weighted by Gasteiger charge is -2.17. The highest BCUT2D eigenvalue weighted by atomic mass is 35.5. The number of rotatable bonds is 4. The molecule has 0 bridgehead atoms. The van der Waals surface area contributed by atoms with Crippen molar-refractivity contribution in [1.82, 2.24) is 10.1 Å². The predicted molar refractivity (Wildman–Crippen MR) is 81.3 cm³/mol. The molecule has 0 amide bonds. The Bertz CT molecular complexity index is 629. The quantitative estimate of drug-likeness (QED) is 0.930. The van der Waals surface area contributed by atoms with Gasteiger partial charge in [0.15, 0.2) is 23.5 Å². The first kappa shape index (κ1) is 16.7. The number of hydrogen-bond donors (Lipinski definition) is 1. The second-order valence-electron chi connectivity index (χ2n) is 5.51. The van der Waals surface area contributed by atoms with Gasteiger partial charge in [0.05, 0.1) is 5.54 Å². The summed E-state index contributed by atoms with van der Waals surface area (Å²) in [7, 11) is 0. The van der Waals surface area contributed by atoms with Crippen LogP contribution in [-0.2, 0) is 5.54 Å². The van der Waals surface area contributed by atoms with Gasteiger partial charge in [0, 0.05) is 0 Å². The molecule has 0 aliphatic heterocycles. The first-order valence-electron chi connectivity index (χ1n) is 7.13. The topological polar surface area (TPSA) is 74.2 Å². The molecule has 22 heavy (non-hydrogen) atoms. The van der Waals surface area contributed by atoms with E-state index >= 15 is 0 Å². The standard InChI is InChI=1S/C15H18FN3O2.ClH/c1-10(20-12-7-3-2-6-11(12)16)13-18-14(19-21-13)15(17)8-4-5-9-15;/h2-3,6-7,10H,4-5,8-9,17H2,1H3;1H. The van der Waals surface area contributed by atoms with Gasteiger partial charge in [-0.15, -0.1) is 12.4 Å². The first-order valence-corrected chi connectivity index (χ1v) is 7.13. The van der Waals surface area contributed by atoms with E-state index in [2.05, 4.69) is 10.1 Å². The Kier molecular flexibility index (Phi) is 5.03. The number of aromatic nitrogens is 2. The molecule has 1 unspecified atom stereocenters. The van der Waals surface area contributed by atoms with Crippen LogP contribution in [-0.4, -0.2) is 10.1 Å². The summed E-state index contributed by atoms with van der Waals surface area (Å²) >= 11 is 0. The van der Waals surface area contributed by atoms with Gasteiger partial charge in [-0.2, -0.15) is 4.98 Å². The molecule has 1 aromatic carbocycles. The molecular formula is C15H19ClFN3O2. The lowest BCUT2D eigenvalue weighted by molar-refractivity contribution is 0.168. The van der Waals surface area contributed by atoms with Gasteiger partial charge in [-0.1, -0.05) is 30.1 Å². The molecule has 2 N–H and O–H groups in total. The Balaban J connectivity index is 0.00000176. The molecule has 2 aromatic rings. The molecular weight excluding hydrogens is 309 g/mol. The third kappa shape index (κ3) is 3.23. The second kappa shape index (κ2) is 6.62. The summed E-state index contributed by atoms with van der Waals surface area (Å²) in [5.41, 5.74) is 5.78. The van der Waals surface area contributed by atoms with E-state index in [4.69, 9.17) is 15.0 Å². The van der Waals surface area contributed by atoms with E-state index in [-0.39, 0.29) is 18.2 Å². The minimum Gasteiger partial charge on any atom is -0.478 e. The number of nitrogens with two attached hydrogens (primary N) is 1. The van der Waals surface area contributed by atoms with Crippen molar-refractivity contribution < 1.29 is 13.7 Å². The SMILES string of the molecule is CC(Oc1ccccc1F)c1nc(C2(N)CCCC2)no1.Cl. The van der Waals surface area contributed by atoms with Gasteiger partial charge in [-0.05, 0) is 31.9 Å². The number of nitrogens with zero attached hydrogens (tertiary/aromatic N) is 2. The van der Waals surface area contributed by atoms with E-state index in [1.807, 2.05) is 0 Å². The highest BCUT2D eigenvalue weighted by molar-refractivity contribution is 5.85. The monoisotopic (exact) mass is 327 g/mol. The van der Waals surface area contributed by atoms with Crippen molar-refractivity contribution in [3.05, 3.63) is 41.8 Å². The molecule has 1 aliphatic rings. The maximum absolute atomic E-state index is 13.6. The number of benzene rings is 1. The zero-order valence-electron chi connectivity index (χ0n) is 12.3. The average Bonchev–Trinajstić information content (AvgIpc) is 3.11. The maximum atomic E-state index is 13.6. The van der Waals surface area contributed by atoms with E-state index in [9.17, 15) is 4.39 Å². The summed E-state index contributed by atoms with van der Waals surface area (Å²) in [6.45, 7) is 1.74. The van der Waals surface area contributed by atoms with E-state index in [0.29, 0.717) is 11.7 Å². The number of ether oxygens (including phenoxy) is 1. The minimum atomic E-state index is -0.534. The third-order valence-electron chi connectivity index (χ3n) is 3.87. The molecule has 5 nitrogen and oxygen atoms in total. The molecule has 1 atom stereocenters. The molecule has 1 saturated carbocycles. The Labute approximate surface area is 134 Å². The molecule has 1 aliphatic carbocycles. The van der Waals surface area contributed by atoms with Crippen LogP contribution >= 0.6 is 12.4 Å². The van der Waals surface area contributed by atoms with Gasteiger partial charge in [0.25, 0.3) is 5.89 Å². The average molecular weight is 328 g/mol. The number of para-hydroxylation sites is 1. The van der Waals surface area contributed by atoms with Gasteiger partial charge >= 0.3 is 0 Å². The van der Waals surface area contributed by atoms with Crippen LogP contribution in [0, 0.1) is 5.82 Å². The van der Waals surface area contributed by atoms with E-state index in [0.717, 1.165) is 25.7 Å². The lowest BCUT2D eigenvalue weighted by Crippen LogP contribution is -2.34. The van der Waals surface area contributed by atoms with Crippen molar-refractivity contribution in [2.24, 2.45) is 5.73 Å². The van der Waals surface area contributed by atoms with Crippen LogP contribution in [0.25, 0.3) is 0 Å². The molecule has 1 heterocycles. The van der Waals surface area contributed by atoms with Crippen molar-refractivity contribution in [2.45, 2.75) is 44.2 Å². The van der Waals surface area contributed by atoms with Crippen LogP contribution in [0.3, 0.4) is 0 Å². The Morgan fingerprint density at radius 3 is 2.68 bits per heavy atom. The van der Waals surface area contributed by atoms with Crippen LogP contribution < -0.4 is 10.5 Å².